The van der Waals surface area contributed by atoms with E-state index < -0.39 is 5.91 Å². The van der Waals surface area contributed by atoms with Crippen LogP contribution in [0.25, 0.3) is 16.9 Å². The van der Waals surface area contributed by atoms with E-state index in [0.29, 0.717) is 28.8 Å². The average molecular weight is 417 g/mol. The van der Waals surface area contributed by atoms with Crippen LogP contribution < -0.4 is 20.5 Å². The topological polar surface area (TPSA) is 107 Å². The van der Waals surface area contributed by atoms with Crippen molar-refractivity contribution in [3.63, 3.8) is 0 Å². The Morgan fingerprint density at radius 1 is 1.10 bits per heavy atom. The molecule has 0 aliphatic carbocycles. The number of aromatic nitrogens is 3. The van der Waals surface area contributed by atoms with Crippen molar-refractivity contribution in [3.8, 4) is 28.5 Å². The first kappa shape index (κ1) is 19.2. The Kier molecular flexibility index (Phi) is 4.83. The molecule has 0 bridgehead atoms. The summed E-state index contributed by atoms with van der Waals surface area (Å²) in [5.41, 5.74) is 9.25. The van der Waals surface area contributed by atoms with E-state index in [9.17, 15) is 4.79 Å². The summed E-state index contributed by atoms with van der Waals surface area (Å²) < 4.78 is 12.7. The Bertz CT molecular complexity index is 1220. The lowest BCUT2D eigenvalue weighted by atomic mass is 10.0. The third-order valence-electron chi connectivity index (χ3n) is 5.64. The van der Waals surface area contributed by atoms with Crippen LogP contribution in [0, 0.1) is 0 Å². The predicted octanol–water partition coefficient (Wildman–Crippen LogP) is 3.31. The van der Waals surface area contributed by atoms with Gasteiger partial charge in [-0.1, -0.05) is 0 Å². The molecule has 1 saturated heterocycles. The molecule has 5 rings (SSSR count). The van der Waals surface area contributed by atoms with Crippen LogP contribution in [-0.4, -0.2) is 40.7 Å². The maximum atomic E-state index is 12.3. The van der Waals surface area contributed by atoms with Gasteiger partial charge in [-0.05, 0) is 61.5 Å². The van der Waals surface area contributed by atoms with Crippen LogP contribution in [-0.2, 0) is 0 Å². The number of H-pyrrole nitrogens is 1. The van der Waals surface area contributed by atoms with E-state index in [0.717, 1.165) is 42.0 Å². The summed E-state index contributed by atoms with van der Waals surface area (Å²) >= 11 is 0. The number of carbonyl (C=O) groups excluding carboxylic acids is 1. The van der Waals surface area contributed by atoms with Crippen molar-refractivity contribution in [2.45, 2.75) is 12.3 Å². The standard InChI is InChI=1S/C23H23N5O3/c1-30-16-6-8-18(9-7-16)31-17-4-2-14(3-5-17)20-21(22(24)29)28-23(27-20)19(13-26-28)15-10-11-25-12-15/h2-9,13,15,25-26H,10-12H2,1H3,(H2,24,29). The van der Waals surface area contributed by atoms with Crippen LogP contribution in [0.15, 0.2) is 54.7 Å². The van der Waals surface area contributed by atoms with Gasteiger partial charge in [0, 0.05) is 29.8 Å². The number of hydrogen-bond donors (Lipinski definition) is 3. The van der Waals surface area contributed by atoms with Crippen LogP contribution in [0.2, 0.25) is 0 Å². The zero-order chi connectivity index (χ0) is 21.4. The number of methoxy groups -OCH3 is 1. The monoisotopic (exact) mass is 417 g/mol. The predicted molar refractivity (Wildman–Crippen MR) is 117 cm³/mol. The molecule has 4 N–H and O–H groups in total. The SMILES string of the molecule is COc1ccc(Oc2ccc(-c3nc4c(C5CCNC5)c[nH]n4c3C(N)=O)cc2)cc1. The number of nitrogens with two attached hydrogens (primary N) is 1. The number of imidazole rings is 1. The number of ether oxygens (including phenoxy) is 2. The van der Waals surface area contributed by atoms with Crippen molar-refractivity contribution in [3.05, 3.63) is 66.0 Å². The molecule has 1 atom stereocenters. The third-order valence-corrected chi connectivity index (χ3v) is 5.64. The van der Waals surface area contributed by atoms with Gasteiger partial charge in [0.05, 0.1) is 7.11 Å². The van der Waals surface area contributed by atoms with Gasteiger partial charge in [0.15, 0.2) is 11.3 Å². The van der Waals surface area contributed by atoms with Crippen molar-refractivity contribution >= 4 is 11.6 Å². The number of aromatic amines is 1. The number of fused-ring (bicyclic) bond motifs is 1. The van der Waals surface area contributed by atoms with E-state index in [1.165, 1.54) is 0 Å². The molecule has 0 saturated carbocycles. The molecule has 8 heteroatoms. The molecular weight excluding hydrogens is 394 g/mol. The smallest absolute Gasteiger partial charge is 0.269 e. The minimum absolute atomic E-state index is 0.344. The van der Waals surface area contributed by atoms with Gasteiger partial charge in [-0.2, -0.15) is 0 Å². The Hall–Kier alpha value is -3.78. The summed E-state index contributed by atoms with van der Waals surface area (Å²) in [5.74, 6) is 1.99. The summed E-state index contributed by atoms with van der Waals surface area (Å²) in [6.45, 7) is 1.88. The molecule has 31 heavy (non-hydrogen) atoms. The van der Waals surface area contributed by atoms with Crippen LogP contribution in [0.4, 0.5) is 0 Å². The number of carbonyl (C=O) groups is 1. The van der Waals surface area contributed by atoms with Crippen molar-refractivity contribution in [1.82, 2.24) is 19.9 Å². The molecule has 1 aliphatic heterocycles. The quantitative estimate of drug-likeness (QED) is 0.446. The number of nitrogens with one attached hydrogen (secondary N) is 2. The maximum absolute atomic E-state index is 12.3. The summed E-state index contributed by atoms with van der Waals surface area (Å²) in [5, 5.41) is 6.52. The molecule has 8 nitrogen and oxygen atoms in total. The molecule has 1 amide bonds. The van der Waals surface area contributed by atoms with Gasteiger partial charge in [-0.25, -0.2) is 9.50 Å². The van der Waals surface area contributed by atoms with E-state index in [1.54, 1.807) is 11.6 Å². The molecule has 2 aromatic carbocycles. The Balaban J connectivity index is 1.46. The second-order valence-corrected chi connectivity index (χ2v) is 7.55. The lowest BCUT2D eigenvalue weighted by Crippen LogP contribution is -2.15. The number of amides is 1. The Labute approximate surface area is 179 Å². The lowest BCUT2D eigenvalue weighted by molar-refractivity contribution is 0.0994. The second kappa shape index (κ2) is 7.81. The second-order valence-electron chi connectivity index (χ2n) is 7.55. The molecule has 0 spiro atoms. The molecular formula is C23H23N5O3. The van der Waals surface area contributed by atoms with Crippen LogP contribution in [0.3, 0.4) is 0 Å². The zero-order valence-corrected chi connectivity index (χ0v) is 17.1. The number of rotatable bonds is 6. The van der Waals surface area contributed by atoms with Crippen molar-refractivity contribution in [2.75, 3.05) is 20.2 Å². The Morgan fingerprint density at radius 2 is 1.77 bits per heavy atom. The summed E-state index contributed by atoms with van der Waals surface area (Å²) in [6.07, 6.45) is 2.96. The number of primary amides is 1. The maximum Gasteiger partial charge on any atom is 0.269 e. The first-order chi connectivity index (χ1) is 15.1. The van der Waals surface area contributed by atoms with E-state index in [1.807, 2.05) is 54.7 Å². The number of hydrogen-bond acceptors (Lipinski definition) is 5. The minimum Gasteiger partial charge on any atom is -0.497 e. The van der Waals surface area contributed by atoms with E-state index >= 15 is 0 Å². The summed E-state index contributed by atoms with van der Waals surface area (Å²) in [4.78, 5) is 17.0. The lowest BCUT2D eigenvalue weighted by Gasteiger charge is -2.07. The van der Waals surface area contributed by atoms with Crippen LogP contribution in [0.5, 0.6) is 17.2 Å². The fourth-order valence-electron chi connectivity index (χ4n) is 4.05. The summed E-state index contributed by atoms with van der Waals surface area (Å²) in [6, 6.07) is 14.8. The average Bonchev–Trinajstić information content (AvgIpc) is 3.51. The molecule has 2 aromatic heterocycles. The molecule has 1 aliphatic rings. The van der Waals surface area contributed by atoms with Crippen molar-refractivity contribution in [2.24, 2.45) is 5.73 Å². The highest BCUT2D eigenvalue weighted by molar-refractivity contribution is 5.98. The highest BCUT2D eigenvalue weighted by Crippen LogP contribution is 2.32. The van der Waals surface area contributed by atoms with Gasteiger partial charge in [0.2, 0.25) is 0 Å². The van der Waals surface area contributed by atoms with Crippen molar-refractivity contribution in [1.29, 1.82) is 0 Å². The normalized spacial score (nSPS) is 16.0. The highest BCUT2D eigenvalue weighted by atomic mass is 16.5. The third kappa shape index (κ3) is 3.51. The molecule has 4 aromatic rings. The molecule has 158 valence electrons. The van der Waals surface area contributed by atoms with Gasteiger partial charge in [0.25, 0.3) is 5.91 Å². The Morgan fingerprint density at radius 3 is 2.39 bits per heavy atom. The van der Waals surface area contributed by atoms with Gasteiger partial charge in [-0.3, -0.25) is 9.89 Å². The fourth-order valence-corrected chi connectivity index (χ4v) is 4.05. The zero-order valence-electron chi connectivity index (χ0n) is 17.1. The first-order valence-electron chi connectivity index (χ1n) is 10.2. The number of nitrogens with zero attached hydrogens (tertiary/aromatic N) is 2. The molecule has 0 radical (unpaired) electrons. The number of benzene rings is 2. The molecule has 3 heterocycles. The molecule has 1 unspecified atom stereocenters. The summed E-state index contributed by atoms with van der Waals surface area (Å²) in [7, 11) is 1.62. The molecule has 1 fully saturated rings. The van der Waals surface area contributed by atoms with Crippen LogP contribution in [0.1, 0.15) is 28.4 Å². The minimum atomic E-state index is -0.529. The van der Waals surface area contributed by atoms with E-state index in [-0.39, 0.29) is 0 Å². The fraction of sp³-hybridized carbons (Fsp3) is 0.217. The van der Waals surface area contributed by atoms with Gasteiger partial charge < -0.3 is 20.5 Å². The van der Waals surface area contributed by atoms with Crippen LogP contribution >= 0.6 is 0 Å². The van der Waals surface area contributed by atoms with Gasteiger partial charge in [0.1, 0.15) is 22.9 Å². The van der Waals surface area contributed by atoms with Gasteiger partial charge >= 0.3 is 0 Å². The first-order valence-corrected chi connectivity index (χ1v) is 10.2. The van der Waals surface area contributed by atoms with E-state index in [4.69, 9.17) is 20.2 Å². The van der Waals surface area contributed by atoms with E-state index in [2.05, 4.69) is 10.4 Å². The largest absolute Gasteiger partial charge is 0.497 e. The highest BCUT2D eigenvalue weighted by Gasteiger charge is 2.26. The van der Waals surface area contributed by atoms with Crippen molar-refractivity contribution < 1.29 is 14.3 Å². The van der Waals surface area contributed by atoms with Gasteiger partial charge in [-0.15, -0.1) is 0 Å².